The molecule has 0 bridgehead atoms. The molecule has 1 N–H and O–H groups in total. The van der Waals surface area contributed by atoms with Crippen LogP contribution < -0.4 is 0 Å². The lowest BCUT2D eigenvalue weighted by atomic mass is 9.98. The van der Waals surface area contributed by atoms with Gasteiger partial charge in [0, 0.05) is 0 Å². The lowest BCUT2D eigenvalue weighted by Crippen LogP contribution is -2.02. The average molecular weight is 151 g/mol. The Balaban J connectivity index is 3.04. The molecular formula is C10H15O. The fourth-order valence-electron chi connectivity index (χ4n) is 1.53. The van der Waals surface area contributed by atoms with Crippen LogP contribution in [0, 0.1) is 5.92 Å². The van der Waals surface area contributed by atoms with Gasteiger partial charge < -0.3 is 5.11 Å². The van der Waals surface area contributed by atoms with Gasteiger partial charge in [0.1, 0.15) is 0 Å². The molecule has 0 aromatic heterocycles. The molecule has 0 atom stereocenters. The van der Waals surface area contributed by atoms with E-state index in [9.17, 15) is 0 Å². The molecule has 0 spiro atoms. The van der Waals surface area contributed by atoms with Crippen molar-refractivity contribution in [3.05, 3.63) is 28.2 Å². The number of aliphatic hydroxyl groups excluding tert-OH is 1. The second kappa shape index (κ2) is 2.82. The lowest BCUT2D eigenvalue weighted by molar-refractivity contribution is 0.317. The molecule has 0 amide bonds. The Morgan fingerprint density at radius 2 is 1.18 bits per heavy atom. The van der Waals surface area contributed by atoms with E-state index in [0.29, 0.717) is 0 Å². The molecule has 0 heterocycles. The normalized spacial score (nSPS) is 20.5. The summed E-state index contributed by atoms with van der Waals surface area (Å²) in [5.41, 5.74) is 5.16. The molecule has 1 aliphatic rings. The maximum Gasteiger partial charge on any atom is 0.0575 e. The Bertz CT molecular complexity index is 209. The molecular weight excluding hydrogens is 136 g/mol. The van der Waals surface area contributed by atoms with Gasteiger partial charge in [0.15, 0.2) is 0 Å². The van der Waals surface area contributed by atoms with Gasteiger partial charge in [-0.25, -0.2) is 0 Å². The first kappa shape index (κ1) is 8.54. The van der Waals surface area contributed by atoms with Gasteiger partial charge in [-0.1, -0.05) is 11.1 Å². The summed E-state index contributed by atoms with van der Waals surface area (Å²) < 4.78 is 0. The Labute approximate surface area is 68.4 Å². The molecule has 0 unspecified atom stereocenters. The minimum atomic E-state index is 0.173. The summed E-state index contributed by atoms with van der Waals surface area (Å²) in [4.78, 5) is 0. The number of aliphatic hydroxyl groups is 1. The summed E-state index contributed by atoms with van der Waals surface area (Å²) in [6, 6.07) is 0. The summed E-state index contributed by atoms with van der Waals surface area (Å²) in [5.74, 6) is 1.11. The van der Waals surface area contributed by atoms with Crippen LogP contribution in [0.1, 0.15) is 27.7 Å². The van der Waals surface area contributed by atoms with Crippen LogP contribution in [-0.2, 0) is 0 Å². The van der Waals surface area contributed by atoms with E-state index in [2.05, 4.69) is 27.7 Å². The highest BCUT2D eigenvalue weighted by Crippen LogP contribution is 2.37. The van der Waals surface area contributed by atoms with E-state index in [0.717, 1.165) is 5.92 Å². The molecule has 0 aliphatic heterocycles. The molecule has 1 heteroatoms. The van der Waals surface area contributed by atoms with Crippen molar-refractivity contribution in [2.45, 2.75) is 27.7 Å². The highest BCUT2D eigenvalue weighted by Gasteiger charge is 2.23. The van der Waals surface area contributed by atoms with Gasteiger partial charge in [-0.05, 0) is 38.8 Å². The standard InChI is InChI=1S/C10H15O/c1-6-7(2)9(4)10(5-11)8(6)3/h11H,5H2,1-4H3. The van der Waals surface area contributed by atoms with E-state index in [1.807, 2.05) is 0 Å². The third-order valence-electron chi connectivity index (χ3n) is 2.75. The third kappa shape index (κ3) is 1.14. The van der Waals surface area contributed by atoms with Gasteiger partial charge in [0.05, 0.1) is 12.5 Å². The van der Waals surface area contributed by atoms with Gasteiger partial charge in [-0.2, -0.15) is 0 Å². The minimum absolute atomic E-state index is 0.173. The van der Waals surface area contributed by atoms with Crippen molar-refractivity contribution in [1.82, 2.24) is 0 Å². The molecule has 0 saturated heterocycles. The third-order valence-corrected chi connectivity index (χ3v) is 2.75. The highest BCUT2D eigenvalue weighted by atomic mass is 16.3. The summed E-state index contributed by atoms with van der Waals surface area (Å²) in [6.45, 7) is 8.53. The topological polar surface area (TPSA) is 20.2 Å². The predicted octanol–water partition coefficient (Wildman–Crippen LogP) is 2.24. The molecule has 0 aromatic rings. The lowest BCUT2D eigenvalue weighted by Gasteiger charge is -2.08. The van der Waals surface area contributed by atoms with E-state index >= 15 is 0 Å². The van der Waals surface area contributed by atoms with E-state index in [-0.39, 0.29) is 6.61 Å². The minimum Gasteiger partial charge on any atom is -0.395 e. The summed E-state index contributed by atoms with van der Waals surface area (Å²) in [5, 5.41) is 9.04. The van der Waals surface area contributed by atoms with Gasteiger partial charge in [0.25, 0.3) is 0 Å². The second-order valence-electron chi connectivity index (χ2n) is 3.14. The number of hydrogen-bond donors (Lipinski definition) is 1. The molecule has 61 valence electrons. The van der Waals surface area contributed by atoms with Crippen LogP contribution in [0.3, 0.4) is 0 Å². The van der Waals surface area contributed by atoms with Crippen molar-refractivity contribution in [2.24, 2.45) is 0 Å². The van der Waals surface area contributed by atoms with E-state index in [4.69, 9.17) is 5.11 Å². The van der Waals surface area contributed by atoms with Crippen molar-refractivity contribution >= 4 is 0 Å². The van der Waals surface area contributed by atoms with E-state index in [1.165, 1.54) is 22.3 Å². The number of allylic oxidation sites excluding steroid dienone is 2. The van der Waals surface area contributed by atoms with Crippen LogP contribution in [0.15, 0.2) is 22.3 Å². The second-order valence-corrected chi connectivity index (χ2v) is 3.14. The van der Waals surface area contributed by atoms with Crippen LogP contribution >= 0.6 is 0 Å². The quantitative estimate of drug-likeness (QED) is 0.609. The molecule has 1 nitrogen and oxygen atoms in total. The van der Waals surface area contributed by atoms with Crippen molar-refractivity contribution in [3.8, 4) is 0 Å². The van der Waals surface area contributed by atoms with E-state index in [1.54, 1.807) is 0 Å². The Hall–Kier alpha value is -0.560. The predicted molar refractivity (Wildman–Crippen MR) is 47.1 cm³/mol. The van der Waals surface area contributed by atoms with Crippen LogP contribution in [0.2, 0.25) is 0 Å². The average Bonchev–Trinajstić information content (AvgIpc) is 2.17. The monoisotopic (exact) mass is 151 g/mol. The molecule has 0 saturated carbocycles. The number of hydrogen-bond acceptors (Lipinski definition) is 1. The van der Waals surface area contributed by atoms with Crippen LogP contribution in [0.25, 0.3) is 0 Å². The van der Waals surface area contributed by atoms with Gasteiger partial charge in [-0.3, -0.25) is 0 Å². The molecule has 0 fully saturated rings. The molecule has 0 aromatic carbocycles. The summed E-state index contributed by atoms with van der Waals surface area (Å²) >= 11 is 0. The Morgan fingerprint density at radius 3 is 1.36 bits per heavy atom. The van der Waals surface area contributed by atoms with Gasteiger partial charge in [-0.15, -0.1) is 0 Å². The first-order valence-corrected chi connectivity index (χ1v) is 3.92. The fraction of sp³-hybridized carbons (Fsp3) is 0.500. The Morgan fingerprint density at radius 1 is 0.818 bits per heavy atom. The fourth-order valence-corrected chi connectivity index (χ4v) is 1.53. The van der Waals surface area contributed by atoms with Crippen LogP contribution in [0.5, 0.6) is 0 Å². The van der Waals surface area contributed by atoms with Crippen molar-refractivity contribution in [2.75, 3.05) is 6.61 Å². The van der Waals surface area contributed by atoms with E-state index < -0.39 is 0 Å². The molecule has 11 heavy (non-hydrogen) atoms. The SMILES string of the molecule is CC1=C(C)C(C)=C(C)[C]1CO. The van der Waals surface area contributed by atoms with Crippen LogP contribution in [-0.4, -0.2) is 11.7 Å². The molecule has 1 rings (SSSR count). The zero-order valence-corrected chi connectivity index (χ0v) is 7.65. The van der Waals surface area contributed by atoms with Crippen LogP contribution in [0.4, 0.5) is 0 Å². The largest absolute Gasteiger partial charge is 0.395 e. The van der Waals surface area contributed by atoms with Crippen molar-refractivity contribution < 1.29 is 5.11 Å². The first-order valence-electron chi connectivity index (χ1n) is 3.92. The number of rotatable bonds is 1. The molecule has 1 aliphatic carbocycles. The Kier molecular flexibility index (Phi) is 2.19. The smallest absolute Gasteiger partial charge is 0.0575 e. The van der Waals surface area contributed by atoms with Crippen molar-refractivity contribution in [1.29, 1.82) is 0 Å². The molecule has 1 radical (unpaired) electrons. The maximum absolute atomic E-state index is 9.04. The van der Waals surface area contributed by atoms with Gasteiger partial charge >= 0.3 is 0 Å². The van der Waals surface area contributed by atoms with Gasteiger partial charge in [0.2, 0.25) is 0 Å². The summed E-state index contributed by atoms with van der Waals surface area (Å²) in [7, 11) is 0. The zero-order chi connectivity index (χ0) is 8.59. The van der Waals surface area contributed by atoms with Crippen molar-refractivity contribution in [3.63, 3.8) is 0 Å². The first-order chi connectivity index (χ1) is 5.09. The zero-order valence-electron chi connectivity index (χ0n) is 7.65. The maximum atomic E-state index is 9.04. The highest BCUT2D eigenvalue weighted by molar-refractivity contribution is 5.57. The summed E-state index contributed by atoms with van der Waals surface area (Å²) in [6.07, 6.45) is 0.